The lowest BCUT2D eigenvalue weighted by Crippen LogP contribution is -2.53. The van der Waals surface area contributed by atoms with Crippen molar-refractivity contribution in [3.63, 3.8) is 0 Å². The first kappa shape index (κ1) is 13.9. The van der Waals surface area contributed by atoms with Crippen LogP contribution in [0.4, 0.5) is 0 Å². The Hall–Kier alpha value is -1.10. The van der Waals surface area contributed by atoms with Crippen LogP contribution < -0.4 is 5.32 Å². The van der Waals surface area contributed by atoms with Crippen LogP contribution in [0.2, 0.25) is 0 Å². The average Bonchev–Trinajstić information content (AvgIpc) is 3.30. The average molecular weight is 279 g/mol. The Labute approximate surface area is 120 Å². The number of carbonyl (C=O) groups excluding carboxylic acids is 2. The molecule has 0 aromatic heterocycles. The molecule has 0 radical (unpaired) electrons. The van der Waals surface area contributed by atoms with Crippen LogP contribution in [0.5, 0.6) is 0 Å². The number of hydrogen-bond acceptors (Lipinski definition) is 3. The summed E-state index contributed by atoms with van der Waals surface area (Å²) in [7, 11) is 0. The van der Waals surface area contributed by atoms with Gasteiger partial charge in [0.05, 0.1) is 13.1 Å². The second-order valence-corrected chi connectivity index (χ2v) is 6.36. The first-order valence-corrected chi connectivity index (χ1v) is 8.04. The van der Waals surface area contributed by atoms with Gasteiger partial charge in [-0.2, -0.15) is 0 Å². The molecule has 3 aliphatic rings. The van der Waals surface area contributed by atoms with E-state index in [1.807, 2.05) is 0 Å². The minimum Gasteiger partial charge on any atom is -0.353 e. The summed E-state index contributed by atoms with van der Waals surface area (Å²) in [5, 5.41) is 2.77. The molecule has 3 rings (SSSR count). The highest BCUT2D eigenvalue weighted by Gasteiger charge is 2.36. The van der Waals surface area contributed by atoms with E-state index in [1.54, 1.807) is 4.90 Å². The third-order valence-electron chi connectivity index (χ3n) is 4.77. The first-order valence-electron chi connectivity index (χ1n) is 8.04. The number of piperazine rings is 1. The van der Waals surface area contributed by atoms with Crippen LogP contribution >= 0.6 is 0 Å². The Morgan fingerprint density at radius 1 is 1.15 bits per heavy atom. The smallest absolute Gasteiger partial charge is 0.239 e. The van der Waals surface area contributed by atoms with Crippen LogP contribution in [0.25, 0.3) is 0 Å². The van der Waals surface area contributed by atoms with E-state index in [0.717, 1.165) is 0 Å². The van der Waals surface area contributed by atoms with E-state index in [9.17, 15) is 9.59 Å². The molecule has 5 heteroatoms. The van der Waals surface area contributed by atoms with Crippen molar-refractivity contribution < 1.29 is 9.59 Å². The van der Waals surface area contributed by atoms with Crippen LogP contribution in [0.15, 0.2) is 0 Å². The molecule has 2 aliphatic carbocycles. The van der Waals surface area contributed by atoms with Crippen molar-refractivity contribution in [1.82, 2.24) is 15.1 Å². The van der Waals surface area contributed by atoms with Crippen molar-refractivity contribution >= 4 is 11.8 Å². The minimum absolute atomic E-state index is 0.0276. The summed E-state index contributed by atoms with van der Waals surface area (Å²) in [5.41, 5.74) is 0. The fourth-order valence-electron chi connectivity index (χ4n) is 3.48. The summed E-state index contributed by atoms with van der Waals surface area (Å²) >= 11 is 0. The monoisotopic (exact) mass is 279 g/mol. The second-order valence-electron chi connectivity index (χ2n) is 6.36. The van der Waals surface area contributed by atoms with Gasteiger partial charge in [-0.05, 0) is 25.7 Å². The lowest BCUT2D eigenvalue weighted by atomic mass is 9.94. The van der Waals surface area contributed by atoms with Gasteiger partial charge in [0.25, 0.3) is 0 Å². The van der Waals surface area contributed by atoms with Gasteiger partial charge in [0, 0.05) is 25.2 Å². The molecule has 0 aromatic rings. The number of carbonyl (C=O) groups is 2. The summed E-state index contributed by atoms with van der Waals surface area (Å²) in [6.07, 6.45) is 8.90. The highest BCUT2D eigenvalue weighted by atomic mass is 16.2. The van der Waals surface area contributed by atoms with Gasteiger partial charge in [-0.15, -0.1) is 0 Å². The summed E-state index contributed by atoms with van der Waals surface area (Å²) in [6, 6.07) is 1.22. The number of nitrogens with zero attached hydrogens (tertiary/aromatic N) is 2. The quantitative estimate of drug-likeness (QED) is 0.826. The Bertz CT molecular complexity index is 375. The first-order chi connectivity index (χ1) is 9.74. The van der Waals surface area contributed by atoms with E-state index in [0.29, 0.717) is 31.7 Å². The predicted molar refractivity (Wildman–Crippen MR) is 76.2 cm³/mol. The standard InChI is InChI=1S/C15H25N3O2/c19-14-10-17(9-8-16-14)15(20)11-18(13-6-7-13)12-4-2-1-3-5-12/h12-13H,1-11H2,(H,16,19). The third-order valence-corrected chi connectivity index (χ3v) is 4.77. The maximum absolute atomic E-state index is 12.4. The fourth-order valence-corrected chi connectivity index (χ4v) is 3.48. The molecule has 3 fully saturated rings. The van der Waals surface area contributed by atoms with E-state index < -0.39 is 0 Å². The summed E-state index contributed by atoms with van der Waals surface area (Å²) in [4.78, 5) is 28.0. The van der Waals surface area contributed by atoms with E-state index in [4.69, 9.17) is 0 Å². The highest BCUT2D eigenvalue weighted by Crippen LogP contribution is 2.33. The van der Waals surface area contributed by atoms with Gasteiger partial charge in [0.2, 0.25) is 11.8 Å². The maximum atomic E-state index is 12.4. The lowest BCUT2D eigenvalue weighted by Gasteiger charge is -2.36. The molecule has 1 aliphatic heterocycles. The molecule has 0 bridgehead atoms. The van der Waals surface area contributed by atoms with E-state index in [-0.39, 0.29) is 18.4 Å². The molecule has 1 N–H and O–H groups in total. The molecular formula is C15H25N3O2. The van der Waals surface area contributed by atoms with Gasteiger partial charge < -0.3 is 10.2 Å². The Morgan fingerprint density at radius 3 is 2.50 bits per heavy atom. The minimum atomic E-state index is -0.0276. The largest absolute Gasteiger partial charge is 0.353 e. The Balaban J connectivity index is 1.58. The van der Waals surface area contributed by atoms with Crippen molar-refractivity contribution in [2.24, 2.45) is 0 Å². The van der Waals surface area contributed by atoms with Crippen LogP contribution in [-0.2, 0) is 9.59 Å². The normalized spacial score (nSPS) is 24.9. The third kappa shape index (κ3) is 3.32. The zero-order chi connectivity index (χ0) is 13.9. The predicted octanol–water partition coefficient (Wildman–Crippen LogP) is 0.742. The molecule has 1 saturated heterocycles. The van der Waals surface area contributed by atoms with Crippen LogP contribution in [0.1, 0.15) is 44.9 Å². The topological polar surface area (TPSA) is 52.7 Å². The number of rotatable bonds is 4. The molecular weight excluding hydrogens is 254 g/mol. The SMILES string of the molecule is O=C1CN(C(=O)CN(C2CCCCC2)C2CC2)CCN1. The van der Waals surface area contributed by atoms with Gasteiger partial charge in [-0.25, -0.2) is 0 Å². The molecule has 0 atom stereocenters. The molecule has 2 amide bonds. The van der Waals surface area contributed by atoms with Gasteiger partial charge in [0.1, 0.15) is 0 Å². The molecule has 20 heavy (non-hydrogen) atoms. The van der Waals surface area contributed by atoms with E-state index >= 15 is 0 Å². The molecule has 5 nitrogen and oxygen atoms in total. The van der Waals surface area contributed by atoms with Gasteiger partial charge in [-0.3, -0.25) is 14.5 Å². The lowest BCUT2D eigenvalue weighted by molar-refractivity contribution is -0.139. The number of hydrogen-bond donors (Lipinski definition) is 1. The molecule has 112 valence electrons. The molecule has 1 heterocycles. The molecule has 0 unspecified atom stereocenters. The van der Waals surface area contributed by atoms with Crippen LogP contribution in [0, 0.1) is 0 Å². The number of nitrogens with one attached hydrogen (secondary N) is 1. The van der Waals surface area contributed by atoms with Crippen molar-refractivity contribution in [1.29, 1.82) is 0 Å². The van der Waals surface area contributed by atoms with Gasteiger partial charge in [0.15, 0.2) is 0 Å². The second kappa shape index (κ2) is 6.12. The molecule has 0 spiro atoms. The van der Waals surface area contributed by atoms with Gasteiger partial charge in [-0.1, -0.05) is 19.3 Å². The van der Waals surface area contributed by atoms with Crippen molar-refractivity contribution in [2.75, 3.05) is 26.2 Å². The number of amides is 2. The van der Waals surface area contributed by atoms with E-state index in [2.05, 4.69) is 10.2 Å². The summed E-state index contributed by atoms with van der Waals surface area (Å²) in [5.74, 6) is 0.109. The van der Waals surface area contributed by atoms with Crippen LogP contribution in [0.3, 0.4) is 0 Å². The molecule has 2 saturated carbocycles. The Morgan fingerprint density at radius 2 is 1.85 bits per heavy atom. The fraction of sp³-hybridized carbons (Fsp3) is 0.867. The zero-order valence-electron chi connectivity index (χ0n) is 12.1. The molecule has 0 aromatic carbocycles. The maximum Gasteiger partial charge on any atom is 0.239 e. The highest BCUT2D eigenvalue weighted by molar-refractivity contribution is 5.86. The summed E-state index contributed by atoms with van der Waals surface area (Å²) < 4.78 is 0. The van der Waals surface area contributed by atoms with E-state index in [1.165, 1.54) is 44.9 Å². The van der Waals surface area contributed by atoms with Crippen molar-refractivity contribution in [2.45, 2.75) is 57.0 Å². The Kier molecular flexibility index (Phi) is 4.24. The van der Waals surface area contributed by atoms with Crippen molar-refractivity contribution in [3.05, 3.63) is 0 Å². The zero-order valence-corrected chi connectivity index (χ0v) is 12.1. The van der Waals surface area contributed by atoms with Gasteiger partial charge >= 0.3 is 0 Å². The summed E-state index contributed by atoms with van der Waals surface area (Å²) in [6.45, 7) is 2.01. The van der Waals surface area contributed by atoms with Crippen molar-refractivity contribution in [3.8, 4) is 0 Å². The van der Waals surface area contributed by atoms with Crippen LogP contribution in [-0.4, -0.2) is 59.9 Å².